The van der Waals surface area contributed by atoms with Crippen molar-refractivity contribution in [1.29, 1.82) is 0 Å². The van der Waals surface area contributed by atoms with E-state index >= 15 is 0 Å². The maximum atomic E-state index is 11.4. The van der Waals surface area contributed by atoms with Crippen molar-refractivity contribution in [2.24, 2.45) is 0 Å². The van der Waals surface area contributed by atoms with E-state index in [2.05, 4.69) is 0 Å². The predicted octanol–water partition coefficient (Wildman–Crippen LogP) is -2.04. The van der Waals surface area contributed by atoms with Gasteiger partial charge in [0.1, 0.15) is 0 Å². The highest BCUT2D eigenvalue weighted by Gasteiger charge is 2.19. The molecule has 0 unspecified atom stereocenters. The summed E-state index contributed by atoms with van der Waals surface area (Å²) in [7, 11) is 0. The number of fused-ring (bicyclic) bond motifs is 1. The number of hydrogen-bond donors (Lipinski definition) is 4. The minimum atomic E-state index is -1.49. The summed E-state index contributed by atoms with van der Waals surface area (Å²) in [6.07, 6.45) is 0. The molecule has 2 rings (SSSR count). The number of carboxylic acids is 2. The lowest BCUT2D eigenvalue weighted by atomic mass is 10.0. The van der Waals surface area contributed by atoms with Gasteiger partial charge in [0.15, 0.2) is 0 Å². The number of carboxylic acid groups (broad SMARTS) is 2. The summed E-state index contributed by atoms with van der Waals surface area (Å²) >= 11 is 0. The fourth-order valence-electron chi connectivity index (χ4n) is 1.58. The van der Waals surface area contributed by atoms with Crippen LogP contribution in [0.3, 0.4) is 0 Å². The fourth-order valence-corrected chi connectivity index (χ4v) is 1.58. The van der Waals surface area contributed by atoms with Crippen LogP contribution in [0.25, 0.3) is 10.8 Å². The van der Waals surface area contributed by atoms with E-state index in [1.54, 1.807) is 0 Å². The van der Waals surface area contributed by atoms with Crippen molar-refractivity contribution >= 4 is 22.7 Å². The molecule has 0 saturated heterocycles. The average molecular weight is 286 g/mol. The van der Waals surface area contributed by atoms with Crippen LogP contribution >= 0.6 is 0 Å². The average Bonchev–Trinajstić information content (AvgIpc) is 2.32. The molecule has 0 fully saturated rings. The molecule has 0 radical (unpaired) electrons. The molecule has 8 N–H and O–H groups in total. The summed E-state index contributed by atoms with van der Waals surface area (Å²) in [5, 5.41) is 21.4. The van der Waals surface area contributed by atoms with E-state index in [0.717, 1.165) is 12.1 Å². The highest BCUT2D eigenvalue weighted by atomic mass is 16.4. The van der Waals surface area contributed by atoms with Crippen LogP contribution in [0.1, 0.15) is 20.7 Å². The van der Waals surface area contributed by atoms with Crippen LogP contribution in [0.4, 0.5) is 0 Å². The van der Waals surface area contributed by atoms with Gasteiger partial charge in [-0.1, -0.05) is 0 Å². The Bertz CT molecular complexity index is 721. The fraction of sp³-hybridized carbons (Fsp3) is 0. The van der Waals surface area contributed by atoms with Gasteiger partial charge >= 0.3 is 11.9 Å². The van der Waals surface area contributed by atoms with Gasteiger partial charge in [0.05, 0.1) is 21.9 Å². The number of nitrogens with one attached hydrogen (secondary N) is 2. The zero-order valence-electron chi connectivity index (χ0n) is 9.68. The van der Waals surface area contributed by atoms with E-state index in [-0.39, 0.29) is 21.7 Å². The van der Waals surface area contributed by atoms with Gasteiger partial charge in [0.2, 0.25) is 0 Å². The lowest BCUT2D eigenvalue weighted by Gasteiger charge is -2.03. The van der Waals surface area contributed by atoms with Crippen molar-refractivity contribution in [2.45, 2.75) is 0 Å². The van der Waals surface area contributed by atoms with Gasteiger partial charge in [-0.2, -0.15) is 0 Å². The summed E-state index contributed by atoms with van der Waals surface area (Å²) < 4.78 is 0. The van der Waals surface area contributed by atoms with E-state index in [1.807, 2.05) is 10.2 Å². The molecule has 0 aliphatic rings. The van der Waals surface area contributed by atoms with Crippen LogP contribution in [-0.2, 0) is 0 Å². The third kappa shape index (κ3) is 2.55. The molecule has 0 saturated carbocycles. The molecule has 108 valence electrons. The maximum Gasteiger partial charge on any atom is 0.336 e. The summed E-state index contributed by atoms with van der Waals surface area (Å²) in [6.45, 7) is 0. The molecule has 0 amide bonds. The Morgan fingerprint density at radius 1 is 0.800 bits per heavy atom. The summed E-state index contributed by atoms with van der Waals surface area (Å²) in [4.78, 5) is 44.7. The van der Waals surface area contributed by atoms with Gasteiger partial charge in [0, 0.05) is 0 Å². The summed E-state index contributed by atoms with van der Waals surface area (Å²) in [6, 6.07) is 1.74. The lowest BCUT2D eigenvalue weighted by Crippen LogP contribution is -2.20. The maximum absolute atomic E-state index is 11.4. The van der Waals surface area contributed by atoms with Crippen LogP contribution in [0.15, 0.2) is 21.7 Å². The molecular formula is C10H10N2O8. The molecule has 0 aliphatic carbocycles. The van der Waals surface area contributed by atoms with Gasteiger partial charge < -0.3 is 21.2 Å². The first-order valence-corrected chi connectivity index (χ1v) is 4.67. The van der Waals surface area contributed by atoms with Gasteiger partial charge in [-0.15, -0.1) is 0 Å². The molecule has 2 aromatic rings. The molecular weight excluding hydrogens is 276 g/mol. The second kappa shape index (κ2) is 5.77. The number of carbonyl (C=O) groups is 2. The molecule has 0 aliphatic heterocycles. The third-order valence-electron chi connectivity index (χ3n) is 2.40. The summed E-state index contributed by atoms with van der Waals surface area (Å²) in [5.41, 5.74) is -2.51. The first-order valence-electron chi connectivity index (χ1n) is 4.67. The number of hydrogen-bond acceptors (Lipinski definition) is 4. The van der Waals surface area contributed by atoms with Crippen molar-refractivity contribution in [3.8, 4) is 0 Å². The first-order chi connectivity index (χ1) is 8.41. The summed E-state index contributed by atoms with van der Waals surface area (Å²) in [5.74, 6) is -2.98. The Kier molecular flexibility index (Phi) is 4.91. The van der Waals surface area contributed by atoms with Crippen LogP contribution in [0.5, 0.6) is 0 Å². The highest BCUT2D eigenvalue weighted by Crippen LogP contribution is 2.15. The van der Waals surface area contributed by atoms with E-state index in [4.69, 9.17) is 10.2 Å². The number of rotatable bonds is 2. The van der Waals surface area contributed by atoms with Gasteiger partial charge in [0.25, 0.3) is 11.1 Å². The molecule has 10 nitrogen and oxygen atoms in total. The standard InChI is InChI=1S/C10H6N2O6.2H2O/c13-7-3-1-5(9(15)16)6(10(17)18)2-4(3)8(14)12-11-7;;/h1-2H,(H,11,13)(H,12,14)(H,15,16)(H,17,18);2*1H2. The van der Waals surface area contributed by atoms with E-state index < -0.39 is 34.2 Å². The van der Waals surface area contributed by atoms with Crippen LogP contribution in [0, 0.1) is 0 Å². The second-order valence-corrected chi connectivity index (χ2v) is 3.46. The van der Waals surface area contributed by atoms with E-state index in [9.17, 15) is 19.2 Å². The van der Waals surface area contributed by atoms with E-state index in [0.29, 0.717) is 0 Å². The monoisotopic (exact) mass is 286 g/mol. The molecule has 1 aromatic heterocycles. The molecule has 0 atom stereocenters. The zero-order valence-corrected chi connectivity index (χ0v) is 9.68. The normalized spacial score (nSPS) is 9.40. The third-order valence-corrected chi connectivity index (χ3v) is 2.40. The zero-order chi connectivity index (χ0) is 13.4. The van der Waals surface area contributed by atoms with Gasteiger partial charge in [-0.3, -0.25) is 19.8 Å². The minimum absolute atomic E-state index is 0. The molecule has 20 heavy (non-hydrogen) atoms. The SMILES string of the molecule is O.O.O=C(O)c1cc2c(=O)[nH][nH]c(=O)c2cc1C(=O)O. The number of aromatic nitrogens is 2. The van der Waals surface area contributed by atoms with Crippen molar-refractivity contribution in [1.82, 2.24) is 10.2 Å². The van der Waals surface area contributed by atoms with Crippen molar-refractivity contribution in [2.75, 3.05) is 0 Å². The van der Waals surface area contributed by atoms with Crippen LogP contribution in [0.2, 0.25) is 0 Å². The molecule has 1 heterocycles. The van der Waals surface area contributed by atoms with Gasteiger partial charge in [-0.05, 0) is 12.1 Å². The molecule has 1 aromatic carbocycles. The Labute approximate surface area is 108 Å². The van der Waals surface area contributed by atoms with E-state index in [1.165, 1.54) is 0 Å². The Morgan fingerprint density at radius 3 is 1.35 bits per heavy atom. The second-order valence-electron chi connectivity index (χ2n) is 3.46. The number of aromatic carboxylic acids is 2. The Morgan fingerprint density at radius 2 is 1.10 bits per heavy atom. The lowest BCUT2D eigenvalue weighted by molar-refractivity contribution is 0.0652. The highest BCUT2D eigenvalue weighted by molar-refractivity contribution is 6.05. The number of H-pyrrole nitrogens is 2. The first kappa shape index (κ1) is 17.0. The number of aromatic amines is 2. The van der Waals surface area contributed by atoms with Crippen molar-refractivity contribution in [3.63, 3.8) is 0 Å². The largest absolute Gasteiger partial charge is 0.478 e. The van der Waals surface area contributed by atoms with Crippen molar-refractivity contribution < 1.29 is 30.8 Å². The van der Waals surface area contributed by atoms with Gasteiger partial charge in [-0.25, -0.2) is 9.59 Å². The number of benzene rings is 1. The predicted molar refractivity (Wildman–Crippen MR) is 66.3 cm³/mol. The van der Waals surface area contributed by atoms with Crippen LogP contribution in [-0.4, -0.2) is 43.3 Å². The van der Waals surface area contributed by atoms with Crippen LogP contribution < -0.4 is 11.1 Å². The Hall–Kier alpha value is -2.98. The Balaban J connectivity index is 0.00000180. The molecule has 0 spiro atoms. The molecule has 0 bridgehead atoms. The smallest absolute Gasteiger partial charge is 0.336 e. The quantitative estimate of drug-likeness (QED) is 0.489. The van der Waals surface area contributed by atoms with Crippen molar-refractivity contribution in [3.05, 3.63) is 44.0 Å². The minimum Gasteiger partial charge on any atom is -0.478 e. The molecule has 10 heteroatoms. The topological polar surface area (TPSA) is 203 Å².